The van der Waals surface area contributed by atoms with Crippen molar-refractivity contribution in [2.24, 2.45) is 0 Å². The van der Waals surface area contributed by atoms with Gasteiger partial charge >= 0.3 is 6.03 Å². The fraction of sp³-hybridized carbons (Fsp3) is 0.556. The molecule has 26 heavy (non-hydrogen) atoms. The van der Waals surface area contributed by atoms with Crippen LogP contribution < -0.4 is 5.32 Å². The van der Waals surface area contributed by atoms with Gasteiger partial charge in [-0.25, -0.2) is 9.78 Å². The predicted octanol–water partition coefficient (Wildman–Crippen LogP) is 2.49. The molecule has 0 radical (unpaired) electrons. The molecule has 2 amide bonds. The summed E-state index contributed by atoms with van der Waals surface area (Å²) in [5, 5.41) is 3.63. The minimum atomic E-state index is -0.00310. The Kier molecular flexibility index (Phi) is 5.28. The number of aromatic nitrogens is 1. The fourth-order valence-electron chi connectivity index (χ4n) is 3.43. The van der Waals surface area contributed by atoms with Crippen LogP contribution in [0.15, 0.2) is 22.6 Å². The Balaban J connectivity index is 1.25. The molecule has 3 heterocycles. The summed E-state index contributed by atoms with van der Waals surface area (Å²) in [6.45, 7) is 5.04. The summed E-state index contributed by atoms with van der Waals surface area (Å²) in [7, 11) is 0. The monoisotopic (exact) mass is 378 g/mol. The molecule has 7 nitrogen and oxygen atoms in total. The van der Waals surface area contributed by atoms with E-state index in [1.165, 1.54) is 0 Å². The molecule has 2 aromatic rings. The van der Waals surface area contributed by atoms with Crippen LogP contribution in [0.1, 0.15) is 18.7 Å². The molecule has 1 aromatic carbocycles. The number of carbonyl (C=O) groups excluding carboxylic acids is 1. The maximum atomic E-state index is 12.3. The molecular weight excluding hydrogens is 356 g/mol. The standard InChI is InChI=1S/C18H23ClN4O3/c19-13-3-4-16-15(10-13)21-17(26-16)12-22-5-7-23(8-6-22)18(24)20-11-14-2-1-9-25-14/h3-4,10,14H,1-2,5-9,11-12H2,(H,20,24)/t14-/m0/s1. The molecule has 2 saturated heterocycles. The van der Waals surface area contributed by atoms with Crippen molar-refractivity contribution in [1.29, 1.82) is 0 Å². The van der Waals surface area contributed by atoms with Gasteiger partial charge in [-0.1, -0.05) is 11.6 Å². The highest BCUT2D eigenvalue weighted by Crippen LogP contribution is 2.21. The minimum absolute atomic E-state index is 0.00310. The van der Waals surface area contributed by atoms with Crippen molar-refractivity contribution in [3.05, 3.63) is 29.1 Å². The van der Waals surface area contributed by atoms with Crippen LogP contribution in [0.4, 0.5) is 4.79 Å². The molecular formula is C18H23ClN4O3. The number of hydrogen-bond acceptors (Lipinski definition) is 5. The fourth-order valence-corrected chi connectivity index (χ4v) is 3.60. The number of nitrogens with one attached hydrogen (secondary N) is 1. The van der Waals surface area contributed by atoms with Gasteiger partial charge < -0.3 is 19.4 Å². The number of urea groups is 1. The molecule has 0 saturated carbocycles. The Morgan fingerprint density at radius 1 is 1.31 bits per heavy atom. The number of oxazole rings is 1. The van der Waals surface area contributed by atoms with E-state index in [4.69, 9.17) is 20.8 Å². The number of nitrogens with zero attached hydrogens (tertiary/aromatic N) is 3. The van der Waals surface area contributed by atoms with Gasteiger partial charge in [0, 0.05) is 44.4 Å². The van der Waals surface area contributed by atoms with Crippen LogP contribution in [0.3, 0.4) is 0 Å². The zero-order valence-corrected chi connectivity index (χ0v) is 15.4. The van der Waals surface area contributed by atoms with Crippen molar-refractivity contribution >= 4 is 28.7 Å². The Morgan fingerprint density at radius 2 is 2.15 bits per heavy atom. The lowest BCUT2D eigenvalue weighted by Crippen LogP contribution is -2.52. The highest BCUT2D eigenvalue weighted by atomic mass is 35.5. The first-order valence-corrected chi connectivity index (χ1v) is 9.47. The first kappa shape index (κ1) is 17.6. The lowest BCUT2D eigenvalue weighted by molar-refractivity contribution is 0.103. The molecule has 1 aromatic heterocycles. The minimum Gasteiger partial charge on any atom is -0.439 e. The van der Waals surface area contributed by atoms with E-state index >= 15 is 0 Å². The molecule has 2 fully saturated rings. The number of carbonyl (C=O) groups is 1. The predicted molar refractivity (Wildman–Crippen MR) is 98.2 cm³/mol. The molecule has 0 bridgehead atoms. The van der Waals surface area contributed by atoms with Crippen molar-refractivity contribution < 1.29 is 13.9 Å². The summed E-state index contributed by atoms with van der Waals surface area (Å²) in [6.07, 6.45) is 2.29. The summed E-state index contributed by atoms with van der Waals surface area (Å²) < 4.78 is 11.3. The van der Waals surface area contributed by atoms with Gasteiger partial charge in [-0.05, 0) is 31.0 Å². The van der Waals surface area contributed by atoms with E-state index in [0.717, 1.165) is 43.6 Å². The van der Waals surface area contributed by atoms with E-state index in [0.29, 0.717) is 37.1 Å². The third-order valence-electron chi connectivity index (χ3n) is 4.92. The number of amides is 2. The van der Waals surface area contributed by atoms with Crippen LogP contribution in [0.2, 0.25) is 5.02 Å². The quantitative estimate of drug-likeness (QED) is 0.885. The van der Waals surface area contributed by atoms with Gasteiger partial charge in [0.15, 0.2) is 5.58 Å². The van der Waals surface area contributed by atoms with Gasteiger partial charge in [0.05, 0.1) is 12.6 Å². The second kappa shape index (κ2) is 7.82. The van der Waals surface area contributed by atoms with Crippen LogP contribution in [0, 0.1) is 0 Å². The summed E-state index contributed by atoms with van der Waals surface area (Å²) >= 11 is 5.99. The number of hydrogen-bond donors (Lipinski definition) is 1. The Bertz CT molecular complexity index is 767. The lowest BCUT2D eigenvalue weighted by Gasteiger charge is -2.34. The lowest BCUT2D eigenvalue weighted by atomic mass is 10.2. The molecule has 2 aliphatic rings. The number of benzene rings is 1. The average Bonchev–Trinajstić information content (AvgIpc) is 3.29. The molecule has 2 aliphatic heterocycles. The maximum absolute atomic E-state index is 12.3. The van der Waals surface area contributed by atoms with Gasteiger partial charge in [-0.2, -0.15) is 0 Å². The van der Waals surface area contributed by atoms with E-state index in [9.17, 15) is 4.79 Å². The molecule has 0 aliphatic carbocycles. The Morgan fingerprint density at radius 3 is 2.92 bits per heavy atom. The van der Waals surface area contributed by atoms with E-state index in [-0.39, 0.29) is 12.1 Å². The molecule has 0 unspecified atom stereocenters. The van der Waals surface area contributed by atoms with Gasteiger partial charge in [0.2, 0.25) is 5.89 Å². The smallest absolute Gasteiger partial charge is 0.317 e. The van der Waals surface area contributed by atoms with Crippen molar-refractivity contribution in [3.8, 4) is 0 Å². The number of rotatable bonds is 4. The number of fused-ring (bicyclic) bond motifs is 1. The van der Waals surface area contributed by atoms with Gasteiger partial charge in [0.25, 0.3) is 0 Å². The topological polar surface area (TPSA) is 70.8 Å². The summed E-state index contributed by atoms with van der Waals surface area (Å²) in [5.41, 5.74) is 1.52. The van der Waals surface area contributed by atoms with Crippen LogP contribution >= 0.6 is 11.6 Å². The Hall–Kier alpha value is -1.83. The van der Waals surface area contributed by atoms with Gasteiger partial charge in [-0.15, -0.1) is 0 Å². The highest BCUT2D eigenvalue weighted by Gasteiger charge is 2.23. The van der Waals surface area contributed by atoms with Crippen LogP contribution in [0.25, 0.3) is 11.1 Å². The normalized spacial score (nSPS) is 21.4. The zero-order chi connectivity index (χ0) is 17.9. The SMILES string of the molecule is O=C(NC[C@@H]1CCCO1)N1CCN(Cc2nc3cc(Cl)ccc3o2)CC1. The third kappa shape index (κ3) is 4.11. The van der Waals surface area contributed by atoms with Crippen molar-refractivity contribution in [2.75, 3.05) is 39.3 Å². The molecule has 1 N–H and O–H groups in total. The van der Waals surface area contributed by atoms with Crippen molar-refractivity contribution in [3.63, 3.8) is 0 Å². The Labute approximate surface area is 157 Å². The molecule has 8 heteroatoms. The molecule has 1 atom stereocenters. The highest BCUT2D eigenvalue weighted by molar-refractivity contribution is 6.31. The largest absolute Gasteiger partial charge is 0.439 e. The first-order valence-electron chi connectivity index (χ1n) is 9.09. The van der Waals surface area contributed by atoms with Crippen molar-refractivity contribution in [2.45, 2.75) is 25.5 Å². The molecule has 140 valence electrons. The first-order chi connectivity index (χ1) is 12.7. The second-order valence-corrected chi connectivity index (χ2v) is 7.24. The number of ether oxygens (including phenoxy) is 1. The van der Waals surface area contributed by atoms with E-state index in [1.807, 2.05) is 11.0 Å². The zero-order valence-electron chi connectivity index (χ0n) is 14.6. The third-order valence-corrected chi connectivity index (χ3v) is 5.15. The maximum Gasteiger partial charge on any atom is 0.317 e. The summed E-state index contributed by atoms with van der Waals surface area (Å²) in [6, 6.07) is 5.44. The van der Waals surface area contributed by atoms with E-state index in [2.05, 4.69) is 15.2 Å². The van der Waals surface area contributed by atoms with Crippen LogP contribution in [0.5, 0.6) is 0 Å². The van der Waals surface area contributed by atoms with E-state index in [1.54, 1.807) is 12.1 Å². The van der Waals surface area contributed by atoms with Crippen molar-refractivity contribution in [1.82, 2.24) is 20.1 Å². The second-order valence-electron chi connectivity index (χ2n) is 6.80. The summed E-state index contributed by atoms with van der Waals surface area (Å²) in [5.74, 6) is 0.679. The average molecular weight is 379 g/mol. The van der Waals surface area contributed by atoms with Gasteiger partial charge in [-0.3, -0.25) is 4.90 Å². The van der Waals surface area contributed by atoms with Crippen LogP contribution in [-0.4, -0.2) is 66.2 Å². The molecule has 4 rings (SSSR count). The number of halogens is 1. The van der Waals surface area contributed by atoms with Gasteiger partial charge in [0.1, 0.15) is 5.52 Å². The summed E-state index contributed by atoms with van der Waals surface area (Å²) in [4.78, 5) is 20.9. The number of piperazine rings is 1. The molecule has 0 spiro atoms. The van der Waals surface area contributed by atoms with Crippen LogP contribution in [-0.2, 0) is 11.3 Å². The van der Waals surface area contributed by atoms with E-state index < -0.39 is 0 Å².